The van der Waals surface area contributed by atoms with Crippen LogP contribution in [0.4, 0.5) is 0 Å². The number of hydrogen-bond donors (Lipinski definition) is 0. The van der Waals surface area contributed by atoms with Gasteiger partial charge in [0.25, 0.3) is 0 Å². The van der Waals surface area contributed by atoms with Crippen molar-refractivity contribution in [2.45, 2.75) is 278 Å². The maximum absolute atomic E-state index is 13.3. The SMILES string of the molecule is C=CC(=O)OCC1CC2C3CC(COC(=O)C4CCC(C(=O)OCCCCCCC5C(CCCCCC)CCC(CCCCCCCC)C5CCCCCCOC(=O)C5CCC(C(=O)OCC6C[C@@H]7CC6C6CC(COC(=O)C(=C)C)CC67)CC5)CC4)C(C3)C2C1. The second-order valence-corrected chi connectivity index (χ2v) is 31.8. The zero-order valence-electron chi connectivity index (χ0n) is 57.5. The highest BCUT2D eigenvalue weighted by molar-refractivity contribution is 5.87. The van der Waals surface area contributed by atoms with Crippen molar-refractivity contribution in [2.24, 2.45) is 118 Å². The van der Waals surface area contributed by atoms with Gasteiger partial charge in [0.1, 0.15) is 0 Å². The van der Waals surface area contributed by atoms with E-state index in [-0.39, 0.29) is 59.5 Å². The molecule has 0 heterocycles. The molecule has 0 aromatic heterocycles. The first-order chi connectivity index (χ1) is 44.3. The van der Waals surface area contributed by atoms with Crippen LogP contribution in [0, 0.1) is 118 Å². The van der Waals surface area contributed by atoms with Gasteiger partial charge in [-0.15, -0.1) is 0 Å². The molecule has 9 aliphatic rings. The van der Waals surface area contributed by atoms with Crippen molar-refractivity contribution in [1.82, 2.24) is 0 Å². The summed E-state index contributed by atoms with van der Waals surface area (Å²) in [6.45, 7) is 16.6. The molecule has 9 fully saturated rings. The van der Waals surface area contributed by atoms with Gasteiger partial charge in [0.15, 0.2) is 0 Å². The third-order valence-electron chi connectivity index (χ3n) is 25.9. The third kappa shape index (κ3) is 20.4. The van der Waals surface area contributed by atoms with Gasteiger partial charge in [0.2, 0.25) is 0 Å². The van der Waals surface area contributed by atoms with Crippen LogP contribution in [0.25, 0.3) is 0 Å². The molecule has 0 saturated heterocycles. The van der Waals surface area contributed by atoms with Crippen LogP contribution in [0.15, 0.2) is 24.8 Å². The molecule has 0 aliphatic heterocycles. The number of esters is 6. The van der Waals surface area contributed by atoms with Gasteiger partial charge in [0.05, 0.1) is 63.3 Å². The topological polar surface area (TPSA) is 158 Å². The van der Waals surface area contributed by atoms with E-state index in [1.165, 1.54) is 147 Å². The van der Waals surface area contributed by atoms with E-state index in [2.05, 4.69) is 27.0 Å². The van der Waals surface area contributed by atoms with Crippen molar-refractivity contribution in [3.05, 3.63) is 24.8 Å². The van der Waals surface area contributed by atoms with Gasteiger partial charge in [-0.2, -0.15) is 0 Å². The Morgan fingerprint density at radius 1 is 0.363 bits per heavy atom. The fourth-order valence-corrected chi connectivity index (χ4v) is 21.1. The molecule has 16 atom stereocenters. The Bertz CT molecular complexity index is 2300. The monoisotopic (exact) mass is 1270 g/mol. The Hall–Kier alpha value is -3.70. The quantitative estimate of drug-likeness (QED) is 0.0248. The fraction of sp³-hybridized carbons (Fsp3) is 0.873. The zero-order valence-corrected chi connectivity index (χ0v) is 57.5. The van der Waals surface area contributed by atoms with Crippen molar-refractivity contribution in [1.29, 1.82) is 0 Å². The molecule has 9 rings (SSSR count). The molecule has 514 valence electrons. The maximum atomic E-state index is 13.3. The predicted molar refractivity (Wildman–Crippen MR) is 357 cm³/mol. The molecule has 9 aliphatic carbocycles. The minimum absolute atomic E-state index is 0.0776. The van der Waals surface area contributed by atoms with Gasteiger partial charge in [-0.3, -0.25) is 19.2 Å². The molecular weight excluding hydrogens is 1140 g/mol. The van der Waals surface area contributed by atoms with E-state index in [0.29, 0.717) is 156 Å². The fourth-order valence-electron chi connectivity index (χ4n) is 21.1. The highest BCUT2D eigenvalue weighted by Crippen LogP contribution is 2.64. The second-order valence-electron chi connectivity index (χ2n) is 31.8. The van der Waals surface area contributed by atoms with E-state index in [1.807, 2.05) is 0 Å². The predicted octanol–water partition coefficient (Wildman–Crippen LogP) is 18.1. The van der Waals surface area contributed by atoms with E-state index >= 15 is 0 Å². The molecule has 0 spiro atoms. The number of fused-ring (bicyclic) bond motifs is 10. The molecular formula is C79H126O12. The molecule has 0 radical (unpaired) electrons. The first-order valence-corrected chi connectivity index (χ1v) is 38.6. The Balaban J connectivity index is 0.637. The van der Waals surface area contributed by atoms with Crippen LogP contribution in [0.2, 0.25) is 0 Å². The van der Waals surface area contributed by atoms with Crippen LogP contribution in [0.1, 0.15) is 278 Å². The van der Waals surface area contributed by atoms with E-state index in [4.69, 9.17) is 28.4 Å². The van der Waals surface area contributed by atoms with Crippen LogP contribution in [0.5, 0.6) is 0 Å². The van der Waals surface area contributed by atoms with Crippen LogP contribution in [-0.4, -0.2) is 75.5 Å². The standard InChI is InChI=1S/C79H126O12/c1-6-9-11-13-14-20-26-57-30-29-56(25-19-12-10-7-2)66(27-21-15-17-23-39-86-76(82)58-31-35-60(36-32-58)78(84)90-51-64-45-62-47-70(64)72-43-54(41-68(62)72)49-88-74(80)8-3)67(57)28-22-16-18-24-40-87-77(83)59-33-37-61(38-34-59)79(85)91-52-65-46-63-48-71(65)73-44-55(42-69(63)73)50-89-75(81)53(4)5/h8,54-73H,3-4,6-7,9-52H2,1-2,5H3/t54?,55?,56?,57?,58?,59?,60?,61?,62?,63-,64?,65?,66?,67?,68?,69?,70?,71?,72?,73?/m1/s1. The Labute approximate surface area is 550 Å². The Morgan fingerprint density at radius 2 is 0.725 bits per heavy atom. The highest BCUT2D eigenvalue weighted by atomic mass is 16.6. The van der Waals surface area contributed by atoms with Crippen molar-refractivity contribution in [3.63, 3.8) is 0 Å². The Kier molecular flexibility index (Phi) is 29.1. The maximum Gasteiger partial charge on any atom is 0.333 e. The van der Waals surface area contributed by atoms with Crippen molar-refractivity contribution in [3.8, 4) is 0 Å². The summed E-state index contributed by atoms with van der Waals surface area (Å²) in [6.07, 6.45) is 46.6. The average molecular weight is 1270 g/mol. The lowest BCUT2D eigenvalue weighted by molar-refractivity contribution is -0.156. The van der Waals surface area contributed by atoms with E-state index in [1.54, 1.807) is 6.92 Å². The molecule has 0 aromatic carbocycles. The zero-order chi connectivity index (χ0) is 64.1. The summed E-state index contributed by atoms with van der Waals surface area (Å²) in [5, 5.41) is 0. The van der Waals surface area contributed by atoms with Crippen molar-refractivity contribution >= 4 is 35.8 Å². The molecule has 0 aromatic rings. The van der Waals surface area contributed by atoms with Crippen LogP contribution in [0.3, 0.4) is 0 Å². The number of hydrogen-bond acceptors (Lipinski definition) is 12. The third-order valence-corrected chi connectivity index (χ3v) is 25.9. The lowest BCUT2D eigenvalue weighted by Gasteiger charge is -2.44. The first kappa shape index (κ1) is 71.6. The van der Waals surface area contributed by atoms with Crippen LogP contribution < -0.4 is 0 Å². The minimum atomic E-state index is -0.336. The van der Waals surface area contributed by atoms with Gasteiger partial charge in [-0.1, -0.05) is 143 Å². The number of carbonyl (C=O) groups is 6. The first-order valence-electron chi connectivity index (χ1n) is 38.6. The molecule has 9 saturated carbocycles. The van der Waals surface area contributed by atoms with Crippen LogP contribution >= 0.6 is 0 Å². The van der Waals surface area contributed by atoms with Crippen molar-refractivity contribution < 1.29 is 57.2 Å². The van der Waals surface area contributed by atoms with Gasteiger partial charge in [0, 0.05) is 11.6 Å². The van der Waals surface area contributed by atoms with E-state index < -0.39 is 0 Å². The lowest BCUT2D eigenvalue weighted by atomic mass is 9.61. The summed E-state index contributed by atoms with van der Waals surface area (Å²) in [4.78, 5) is 76.9. The number of rotatable bonds is 40. The number of carbonyl (C=O) groups excluding carboxylic acids is 6. The molecule has 12 nitrogen and oxygen atoms in total. The summed E-state index contributed by atoms with van der Waals surface area (Å²) in [5.74, 6) is 8.90. The summed E-state index contributed by atoms with van der Waals surface area (Å²) in [7, 11) is 0. The molecule has 91 heavy (non-hydrogen) atoms. The Morgan fingerprint density at radius 3 is 1.14 bits per heavy atom. The van der Waals surface area contributed by atoms with Crippen molar-refractivity contribution in [2.75, 3.05) is 39.6 Å². The number of unbranched alkanes of at least 4 members (excludes halogenated alkanes) is 14. The summed E-state index contributed by atoms with van der Waals surface area (Å²) < 4.78 is 34.8. The second kappa shape index (κ2) is 37.0. The molecule has 0 amide bonds. The normalized spacial score (nSPS) is 34.5. The minimum Gasteiger partial charge on any atom is -0.465 e. The van der Waals surface area contributed by atoms with Gasteiger partial charge in [-0.25, -0.2) is 9.59 Å². The summed E-state index contributed by atoms with van der Waals surface area (Å²) in [5.41, 5.74) is 0.454. The molecule has 12 heteroatoms. The summed E-state index contributed by atoms with van der Waals surface area (Å²) in [6, 6.07) is 0. The van der Waals surface area contributed by atoms with Crippen LogP contribution in [-0.2, 0) is 57.2 Å². The van der Waals surface area contributed by atoms with Gasteiger partial charge >= 0.3 is 35.8 Å². The van der Waals surface area contributed by atoms with Gasteiger partial charge in [-0.05, 0) is 243 Å². The molecule has 15 unspecified atom stereocenters. The molecule has 0 N–H and O–H groups in total. The number of ether oxygens (including phenoxy) is 6. The van der Waals surface area contributed by atoms with Gasteiger partial charge < -0.3 is 28.4 Å². The average Bonchev–Trinajstić information content (AvgIpc) is 1.61. The van der Waals surface area contributed by atoms with E-state index in [9.17, 15) is 28.8 Å². The van der Waals surface area contributed by atoms with E-state index in [0.717, 1.165) is 99.7 Å². The largest absolute Gasteiger partial charge is 0.465 e. The summed E-state index contributed by atoms with van der Waals surface area (Å²) >= 11 is 0. The molecule has 4 bridgehead atoms. The highest BCUT2D eigenvalue weighted by Gasteiger charge is 2.57. The smallest absolute Gasteiger partial charge is 0.333 e. The lowest BCUT2D eigenvalue weighted by Crippen LogP contribution is -2.35.